The molecule has 0 aliphatic rings. The molecule has 1 heterocycles. The maximum absolute atomic E-state index is 12.2. The van der Waals surface area contributed by atoms with Gasteiger partial charge in [0.2, 0.25) is 0 Å². The summed E-state index contributed by atoms with van der Waals surface area (Å²) in [5.41, 5.74) is 3.23. The van der Waals surface area contributed by atoms with Crippen molar-refractivity contribution in [3.63, 3.8) is 0 Å². The zero-order valence-electron chi connectivity index (χ0n) is 18.6. The van der Waals surface area contributed by atoms with Gasteiger partial charge in [0.25, 0.3) is 17.5 Å². The molecule has 2 N–H and O–H groups in total. The smallest absolute Gasteiger partial charge is 0.289 e. The summed E-state index contributed by atoms with van der Waals surface area (Å²) >= 11 is 12.1. The Hall–Kier alpha value is -3.89. The van der Waals surface area contributed by atoms with E-state index in [1.807, 2.05) is 19.1 Å². The van der Waals surface area contributed by atoms with Gasteiger partial charge in [-0.05, 0) is 43.7 Å². The molecule has 0 saturated carbocycles. The Kier molecular flexibility index (Phi) is 8.45. The summed E-state index contributed by atoms with van der Waals surface area (Å²) in [6.07, 6.45) is 1.25. The van der Waals surface area contributed by atoms with Gasteiger partial charge in [-0.15, -0.1) is 0 Å². The molecule has 1 atom stereocenters. The van der Waals surface area contributed by atoms with Gasteiger partial charge in [0.15, 0.2) is 6.61 Å². The van der Waals surface area contributed by atoms with E-state index in [9.17, 15) is 19.7 Å². The molecule has 3 rings (SSSR count). The number of hydrogen-bond acceptors (Lipinski definition) is 7. The highest BCUT2D eigenvalue weighted by molar-refractivity contribution is 6.36. The summed E-state index contributed by atoms with van der Waals surface area (Å²) < 4.78 is 11.1. The van der Waals surface area contributed by atoms with Crippen LogP contribution in [0.2, 0.25) is 10.0 Å². The molecule has 2 amide bonds. The second-order valence-corrected chi connectivity index (χ2v) is 8.13. The van der Waals surface area contributed by atoms with Crippen LogP contribution >= 0.6 is 23.2 Å². The summed E-state index contributed by atoms with van der Waals surface area (Å²) in [5.74, 6) is 0.138. The van der Waals surface area contributed by atoms with Crippen LogP contribution in [0.15, 0.2) is 58.0 Å². The summed E-state index contributed by atoms with van der Waals surface area (Å²) in [6, 6.07) is 12.0. The number of carbonyl (C=O) groups excluding carboxylic acids is 2. The van der Waals surface area contributed by atoms with Crippen molar-refractivity contribution < 1.29 is 23.7 Å². The standard InChI is InChI=1S/C23H20Cl2N4O6/c1-13-5-3-4-6-20(13)34-12-22(30)27-14(2)23(31)28-26-11-15-7-8-21(35-15)16-9-18(25)19(29(32)33)10-17(16)24/h3-11,14H,12H2,1-2H3,(H,27,30)(H,28,31)/b26-11+/t14-/m0/s1. The second-order valence-electron chi connectivity index (χ2n) is 7.32. The van der Waals surface area contributed by atoms with Crippen LogP contribution in [0.5, 0.6) is 5.75 Å². The SMILES string of the molecule is Cc1ccccc1OCC(=O)N[C@@H](C)C(=O)N/N=C/c1ccc(-c2cc(Cl)c([N+](=O)[O-])cc2Cl)o1. The number of aryl methyl sites for hydroxylation is 1. The number of carbonyl (C=O) groups is 2. The maximum Gasteiger partial charge on any atom is 0.289 e. The molecule has 0 fully saturated rings. The molecule has 35 heavy (non-hydrogen) atoms. The number of rotatable bonds is 9. The van der Waals surface area contributed by atoms with E-state index in [2.05, 4.69) is 15.8 Å². The molecule has 0 unspecified atom stereocenters. The average molecular weight is 519 g/mol. The second kappa shape index (κ2) is 11.5. The number of amides is 2. The van der Waals surface area contributed by atoms with Crippen molar-refractivity contribution in [3.05, 3.63) is 80.0 Å². The molecule has 2 aromatic carbocycles. The number of nitro groups is 1. The van der Waals surface area contributed by atoms with Gasteiger partial charge in [-0.3, -0.25) is 19.7 Å². The van der Waals surface area contributed by atoms with Crippen LogP contribution in [0.25, 0.3) is 11.3 Å². The van der Waals surface area contributed by atoms with Crippen LogP contribution in [0.4, 0.5) is 5.69 Å². The van der Waals surface area contributed by atoms with Gasteiger partial charge in [-0.2, -0.15) is 5.10 Å². The molecule has 10 nitrogen and oxygen atoms in total. The van der Waals surface area contributed by atoms with Gasteiger partial charge in [0.05, 0.1) is 16.2 Å². The normalized spacial score (nSPS) is 11.8. The number of para-hydroxylation sites is 1. The number of nitro benzene ring substituents is 1. The highest BCUT2D eigenvalue weighted by Crippen LogP contribution is 2.37. The molecular formula is C23H20Cl2N4O6. The molecule has 0 aliphatic carbocycles. The first-order valence-corrected chi connectivity index (χ1v) is 11.0. The van der Waals surface area contributed by atoms with Gasteiger partial charge in [-0.1, -0.05) is 41.4 Å². The lowest BCUT2D eigenvalue weighted by Crippen LogP contribution is -2.45. The maximum atomic E-state index is 12.2. The highest BCUT2D eigenvalue weighted by Gasteiger charge is 2.19. The lowest BCUT2D eigenvalue weighted by Gasteiger charge is -2.13. The van der Waals surface area contributed by atoms with Crippen LogP contribution in [0.3, 0.4) is 0 Å². The largest absolute Gasteiger partial charge is 0.484 e. The summed E-state index contributed by atoms with van der Waals surface area (Å²) in [7, 11) is 0. The Bertz CT molecular complexity index is 1290. The predicted octanol–water partition coefficient (Wildman–Crippen LogP) is 4.50. The third-order valence-electron chi connectivity index (χ3n) is 4.72. The van der Waals surface area contributed by atoms with E-state index in [0.29, 0.717) is 17.1 Å². The van der Waals surface area contributed by atoms with E-state index < -0.39 is 22.8 Å². The average Bonchev–Trinajstić information content (AvgIpc) is 3.28. The van der Waals surface area contributed by atoms with Crippen LogP contribution < -0.4 is 15.5 Å². The van der Waals surface area contributed by atoms with Crippen LogP contribution in [-0.4, -0.2) is 35.6 Å². The number of hydrogen-bond donors (Lipinski definition) is 2. The number of nitrogens with one attached hydrogen (secondary N) is 2. The Morgan fingerprint density at radius 3 is 2.66 bits per heavy atom. The summed E-state index contributed by atoms with van der Waals surface area (Å²) in [4.78, 5) is 34.6. The van der Waals surface area contributed by atoms with Crippen molar-refractivity contribution in [2.45, 2.75) is 19.9 Å². The van der Waals surface area contributed by atoms with Crippen LogP contribution in [-0.2, 0) is 9.59 Å². The Labute approximate surface area is 210 Å². The monoisotopic (exact) mass is 518 g/mol. The van der Waals surface area contributed by atoms with E-state index >= 15 is 0 Å². The molecule has 0 saturated heterocycles. The fraction of sp³-hybridized carbons (Fsp3) is 0.174. The fourth-order valence-corrected chi connectivity index (χ4v) is 3.38. The zero-order valence-corrected chi connectivity index (χ0v) is 20.1. The number of halogens is 2. The number of ether oxygens (including phenoxy) is 1. The fourth-order valence-electron chi connectivity index (χ4n) is 2.90. The number of furan rings is 1. The molecule has 0 spiro atoms. The van der Waals surface area contributed by atoms with Crippen LogP contribution in [0, 0.1) is 17.0 Å². The minimum Gasteiger partial charge on any atom is -0.484 e. The van der Waals surface area contributed by atoms with Gasteiger partial charge < -0.3 is 14.5 Å². The molecule has 0 aliphatic heterocycles. The molecule has 0 radical (unpaired) electrons. The first-order valence-electron chi connectivity index (χ1n) is 10.2. The van der Waals surface area contributed by atoms with E-state index in [-0.39, 0.29) is 28.1 Å². The van der Waals surface area contributed by atoms with Crippen molar-refractivity contribution in [1.29, 1.82) is 0 Å². The topological polar surface area (TPSA) is 136 Å². The van der Waals surface area contributed by atoms with Crippen molar-refractivity contribution in [3.8, 4) is 17.1 Å². The van der Waals surface area contributed by atoms with E-state index in [1.54, 1.807) is 24.3 Å². The van der Waals surface area contributed by atoms with Gasteiger partial charge >= 0.3 is 0 Å². The number of benzene rings is 2. The first kappa shape index (κ1) is 25.7. The predicted molar refractivity (Wildman–Crippen MR) is 131 cm³/mol. The quantitative estimate of drug-likeness (QED) is 0.243. The van der Waals surface area contributed by atoms with Crippen molar-refractivity contribution in [1.82, 2.24) is 10.7 Å². The summed E-state index contributed by atoms with van der Waals surface area (Å²) in [5, 5.41) is 17.3. The Morgan fingerprint density at radius 1 is 1.20 bits per heavy atom. The molecular weight excluding hydrogens is 499 g/mol. The number of hydrazone groups is 1. The van der Waals surface area contributed by atoms with E-state index in [0.717, 1.165) is 11.6 Å². The lowest BCUT2D eigenvalue weighted by molar-refractivity contribution is -0.384. The Morgan fingerprint density at radius 2 is 1.94 bits per heavy atom. The lowest BCUT2D eigenvalue weighted by atomic mass is 10.1. The Balaban J connectivity index is 1.53. The molecule has 1 aromatic heterocycles. The van der Waals surface area contributed by atoms with Crippen molar-refractivity contribution in [2.75, 3.05) is 6.61 Å². The van der Waals surface area contributed by atoms with Crippen molar-refractivity contribution in [2.24, 2.45) is 5.10 Å². The van der Waals surface area contributed by atoms with Gasteiger partial charge in [0, 0.05) is 11.6 Å². The van der Waals surface area contributed by atoms with E-state index in [4.69, 9.17) is 32.4 Å². The third-order valence-corrected chi connectivity index (χ3v) is 5.33. The highest BCUT2D eigenvalue weighted by atomic mass is 35.5. The zero-order chi connectivity index (χ0) is 25.5. The molecule has 0 bridgehead atoms. The minimum absolute atomic E-state index is 0.0863. The van der Waals surface area contributed by atoms with Gasteiger partial charge in [-0.25, -0.2) is 5.43 Å². The molecule has 182 valence electrons. The minimum atomic E-state index is -0.867. The van der Waals surface area contributed by atoms with Crippen molar-refractivity contribution >= 4 is 46.9 Å². The summed E-state index contributed by atoms with van der Waals surface area (Å²) in [6.45, 7) is 3.12. The number of nitrogens with zero attached hydrogens (tertiary/aromatic N) is 2. The molecule has 3 aromatic rings. The van der Waals surface area contributed by atoms with E-state index in [1.165, 1.54) is 19.2 Å². The third kappa shape index (κ3) is 6.81. The van der Waals surface area contributed by atoms with Gasteiger partial charge in [0.1, 0.15) is 28.3 Å². The van der Waals surface area contributed by atoms with Crippen LogP contribution in [0.1, 0.15) is 18.2 Å². The first-order chi connectivity index (χ1) is 16.7. The molecule has 12 heteroatoms.